The van der Waals surface area contributed by atoms with Crippen LogP contribution in [0.25, 0.3) is 17.7 Å². The maximum absolute atomic E-state index is 11.4. The van der Waals surface area contributed by atoms with Crippen molar-refractivity contribution in [2.75, 3.05) is 0 Å². The molecule has 4 aromatic carbocycles. The van der Waals surface area contributed by atoms with Gasteiger partial charge >= 0.3 is 0 Å². The molecule has 0 saturated carbocycles. The monoisotopic (exact) mass is 564 g/mol. The Kier molecular flexibility index (Phi) is 5.59. The molecule has 1 aliphatic carbocycles. The van der Waals surface area contributed by atoms with Gasteiger partial charge in [-0.15, -0.1) is 0 Å². The second kappa shape index (κ2) is 9.14. The largest absolute Gasteiger partial charge is 0.508 e. The molecule has 0 spiro atoms. The fourth-order valence-corrected chi connectivity index (χ4v) is 6.62. The zero-order valence-corrected chi connectivity index (χ0v) is 22.5. The highest BCUT2D eigenvalue weighted by molar-refractivity contribution is 5.84. The highest BCUT2D eigenvalue weighted by atomic mass is 16.5. The van der Waals surface area contributed by atoms with Crippen LogP contribution in [0.3, 0.4) is 0 Å². The molecular formula is C34H28O8. The molecule has 7 rings (SSSR count). The van der Waals surface area contributed by atoms with Crippen LogP contribution in [0.1, 0.15) is 53.2 Å². The lowest BCUT2D eigenvalue weighted by atomic mass is 9.63. The number of benzene rings is 4. The minimum Gasteiger partial charge on any atom is -0.508 e. The molecule has 0 amide bonds. The van der Waals surface area contributed by atoms with Crippen LogP contribution in [-0.2, 0) is 0 Å². The van der Waals surface area contributed by atoms with E-state index in [-0.39, 0.29) is 46.3 Å². The van der Waals surface area contributed by atoms with E-state index in [4.69, 9.17) is 9.47 Å². The Balaban J connectivity index is 1.39. The van der Waals surface area contributed by atoms with Gasteiger partial charge < -0.3 is 40.1 Å². The van der Waals surface area contributed by atoms with Gasteiger partial charge in [0.1, 0.15) is 57.7 Å². The Bertz CT molecular complexity index is 1820. The summed E-state index contributed by atoms with van der Waals surface area (Å²) in [5.41, 5.74) is 3.08. The van der Waals surface area contributed by atoms with Gasteiger partial charge in [0.05, 0.1) is 5.56 Å². The van der Waals surface area contributed by atoms with Crippen LogP contribution in [0.5, 0.6) is 46.0 Å². The van der Waals surface area contributed by atoms with Crippen LogP contribution < -0.4 is 9.47 Å². The Morgan fingerprint density at radius 1 is 0.714 bits per heavy atom. The summed E-state index contributed by atoms with van der Waals surface area (Å²) in [6.45, 7) is 1.97. The van der Waals surface area contributed by atoms with E-state index >= 15 is 0 Å². The lowest BCUT2D eigenvalue weighted by Gasteiger charge is -2.50. The van der Waals surface area contributed by atoms with Gasteiger partial charge in [-0.2, -0.15) is 0 Å². The first-order valence-corrected chi connectivity index (χ1v) is 13.6. The first-order valence-electron chi connectivity index (χ1n) is 13.6. The van der Waals surface area contributed by atoms with E-state index in [1.54, 1.807) is 48.6 Å². The molecular weight excluding hydrogens is 536 g/mol. The predicted molar refractivity (Wildman–Crippen MR) is 156 cm³/mol. The summed E-state index contributed by atoms with van der Waals surface area (Å²) >= 11 is 0. The molecule has 4 aromatic rings. The maximum Gasteiger partial charge on any atom is 0.135 e. The minimum atomic E-state index is -0.727. The Morgan fingerprint density at radius 2 is 1.40 bits per heavy atom. The first kappa shape index (κ1) is 25.7. The number of phenolic OH excluding ortho intramolecular Hbond substituents is 6. The Labute approximate surface area is 241 Å². The lowest BCUT2D eigenvalue weighted by molar-refractivity contribution is 0.0524. The van der Waals surface area contributed by atoms with Crippen LogP contribution in [-0.4, -0.2) is 36.2 Å². The van der Waals surface area contributed by atoms with Gasteiger partial charge in [0.25, 0.3) is 0 Å². The highest BCUT2D eigenvalue weighted by Gasteiger charge is 2.52. The van der Waals surface area contributed by atoms with E-state index in [0.717, 1.165) is 11.1 Å². The van der Waals surface area contributed by atoms with E-state index in [2.05, 4.69) is 0 Å². The summed E-state index contributed by atoms with van der Waals surface area (Å²) in [5, 5.41) is 62.3. The number of hydrogen-bond donors (Lipinski definition) is 6. The molecule has 0 radical (unpaired) electrons. The van der Waals surface area contributed by atoms with Gasteiger partial charge in [0, 0.05) is 41.2 Å². The van der Waals surface area contributed by atoms with Crippen molar-refractivity contribution in [2.45, 2.75) is 31.0 Å². The van der Waals surface area contributed by atoms with Crippen LogP contribution in [0, 0.1) is 5.92 Å². The van der Waals surface area contributed by atoms with Gasteiger partial charge in [-0.1, -0.05) is 18.2 Å². The van der Waals surface area contributed by atoms with Crippen LogP contribution >= 0.6 is 0 Å². The fraction of sp³-hybridized carbons (Fsp3) is 0.176. The molecule has 0 aromatic heterocycles. The topological polar surface area (TPSA) is 140 Å². The third kappa shape index (κ3) is 4.15. The zero-order valence-electron chi connectivity index (χ0n) is 22.5. The first-order chi connectivity index (χ1) is 20.1. The quantitative estimate of drug-likeness (QED) is 0.154. The molecule has 8 nitrogen and oxygen atoms in total. The molecule has 3 aliphatic rings. The number of hydrogen-bond acceptors (Lipinski definition) is 8. The van der Waals surface area contributed by atoms with E-state index in [9.17, 15) is 30.6 Å². The van der Waals surface area contributed by atoms with E-state index in [0.29, 0.717) is 40.2 Å². The fourth-order valence-electron chi connectivity index (χ4n) is 6.62. The van der Waals surface area contributed by atoms with Crippen molar-refractivity contribution in [1.82, 2.24) is 0 Å². The summed E-state index contributed by atoms with van der Waals surface area (Å²) in [6, 6.07) is 17.2. The second-order valence-electron chi connectivity index (χ2n) is 11.3. The van der Waals surface area contributed by atoms with Crippen molar-refractivity contribution in [1.29, 1.82) is 0 Å². The third-order valence-corrected chi connectivity index (χ3v) is 8.38. The van der Waals surface area contributed by atoms with Gasteiger partial charge in [-0.25, -0.2) is 0 Å². The molecule has 8 heteroatoms. The van der Waals surface area contributed by atoms with Crippen molar-refractivity contribution in [3.8, 4) is 46.0 Å². The average molecular weight is 565 g/mol. The molecule has 2 bridgehead atoms. The number of phenols is 6. The van der Waals surface area contributed by atoms with Crippen LogP contribution in [0.2, 0.25) is 0 Å². The maximum atomic E-state index is 11.4. The van der Waals surface area contributed by atoms with Gasteiger partial charge in [-0.3, -0.25) is 0 Å². The molecule has 42 heavy (non-hydrogen) atoms. The molecule has 2 heterocycles. The number of aromatic hydroxyl groups is 6. The predicted octanol–water partition coefficient (Wildman–Crippen LogP) is 6.56. The summed E-state index contributed by atoms with van der Waals surface area (Å²) < 4.78 is 13.0. The molecule has 4 unspecified atom stereocenters. The number of ether oxygens (including phenoxy) is 2. The van der Waals surface area contributed by atoms with E-state index < -0.39 is 11.7 Å². The Hall–Kier alpha value is -5.24. The average Bonchev–Trinajstić information content (AvgIpc) is 2.91. The standard InChI is InChI=1S/C34H28O8/c1-34-15-24(22-8-6-21(37)14-29(22)42-34)31-25(16-34)32-28(40)10-17(2-3-18-4-5-19(35)12-26(18)38)11-30(32)41-33(31)23-9-7-20(36)13-27(23)39/h2-14,16,24,31,33,35-40H,15H2,1H3/b3-2-. The van der Waals surface area contributed by atoms with Crippen molar-refractivity contribution in [3.05, 3.63) is 101 Å². The second-order valence-corrected chi connectivity index (χ2v) is 11.3. The van der Waals surface area contributed by atoms with Crippen LogP contribution in [0.15, 0.2) is 72.8 Å². The van der Waals surface area contributed by atoms with Gasteiger partial charge in [0.15, 0.2) is 0 Å². The van der Waals surface area contributed by atoms with Crippen molar-refractivity contribution >= 4 is 17.7 Å². The molecule has 0 fully saturated rings. The zero-order chi connectivity index (χ0) is 29.3. The Morgan fingerprint density at radius 3 is 2.14 bits per heavy atom. The van der Waals surface area contributed by atoms with Crippen molar-refractivity contribution in [3.63, 3.8) is 0 Å². The van der Waals surface area contributed by atoms with Gasteiger partial charge in [0.2, 0.25) is 0 Å². The van der Waals surface area contributed by atoms with E-state index in [1.807, 2.05) is 19.1 Å². The highest BCUT2D eigenvalue weighted by Crippen LogP contribution is 2.62. The molecule has 2 aliphatic heterocycles. The van der Waals surface area contributed by atoms with E-state index in [1.165, 1.54) is 24.3 Å². The smallest absolute Gasteiger partial charge is 0.135 e. The van der Waals surface area contributed by atoms with Crippen LogP contribution in [0.4, 0.5) is 0 Å². The molecule has 4 atom stereocenters. The number of fused-ring (bicyclic) bond motifs is 8. The number of rotatable bonds is 3. The molecule has 0 saturated heterocycles. The third-order valence-electron chi connectivity index (χ3n) is 8.38. The lowest BCUT2D eigenvalue weighted by Crippen LogP contribution is -2.45. The summed E-state index contributed by atoms with van der Waals surface area (Å²) in [7, 11) is 0. The molecule has 6 N–H and O–H groups in total. The molecule has 212 valence electrons. The summed E-state index contributed by atoms with van der Waals surface area (Å²) in [6.07, 6.45) is 5.31. The van der Waals surface area contributed by atoms with Crippen molar-refractivity contribution < 1.29 is 40.1 Å². The van der Waals surface area contributed by atoms with Crippen molar-refractivity contribution in [2.24, 2.45) is 5.92 Å². The minimum absolute atomic E-state index is 0.00112. The summed E-state index contributed by atoms with van der Waals surface area (Å²) in [4.78, 5) is 0. The summed E-state index contributed by atoms with van der Waals surface area (Å²) in [5.74, 6) is 0.272. The SMILES string of the molecule is CC12C=C3c4c(O)cc(/C=C\c5ccc(O)cc5O)cc4OC(c4ccc(O)cc4O)C3C(C1)c1ccc(O)cc1O2. The van der Waals surface area contributed by atoms with Gasteiger partial charge in [-0.05, 0) is 78.6 Å². The normalized spacial score (nSPS) is 23.6.